The van der Waals surface area contributed by atoms with Crippen LogP contribution < -0.4 is 0 Å². The average molecular weight is 335 g/mol. The SMILES string of the molecule is C=CC(C=C)CCCCCCCCCCCCCC1CCCCO1. The molecule has 140 valence electrons. The molecule has 0 N–H and O–H groups in total. The van der Waals surface area contributed by atoms with Gasteiger partial charge in [0.2, 0.25) is 0 Å². The first-order valence-corrected chi connectivity index (χ1v) is 10.7. The van der Waals surface area contributed by atoms with Crippen molar-refractivity contribution < 1.29 is 4.74 Å². The van der Waals surface area contributed by atoms with E-state index in [0.717, 1.165) is 6.61 Å². The maximum Gasteiger partial charge on any atom is 0.0575 e. The van der Waals surface area contributed by atoms with E-state index in [-0.39, 0.29) is 0 Å². The van der Waals surface area contributed by atoms with Gasteiger partial charge in [0.25, 0.3) is 0 Å². The van der Waals surface area contributed by atoms with Gasteiger partial charge in [0.05, 0.1) is 6.10 Å². The molecule has 0 radical (unpaired) electrons. The number of allylic oxidation sites excluding steroid dienone is 2. The Bertz CT molecular complexity index is 282. The van der Waals surface area contributed by atoms with Crippen molar-refractivity contribution >= 4 is 0 Å². The normalized spacial score (nSPS) is 18.0. The number of ether oxygens (including phenoxy) is 1. The van der Waals surface area contributed by atoms with E-state index in [2.05, 4.69) is 13.2 Å². The monoisotopic (exact) mass is 334 g/mol. The second kappa shape index (κ2) is 15.9. The molecule has 24 heavy (non-hydrogen) atoms. The third kappa shape index (κ3) is 11.9. The number of rotatable bonds is 16. The fourth-order valence-electron chi connectivity index (χ4n) is 3.71. The highest BCUT2D eigenvalue weighted by Gasteiger charge is 2.12. The molecule has 1 rings (SSSR count). The highest BCUT2D eigenvalue weighted by Crippen LogP contribution is 2.19. The predicted octanol–water partition coefficient (Wildman–Crippen LogP) is 7.62. The second-order valence-electron chi connectivity index (χ2n) is 7.59. The summed E-state index contributed by atoms with van der Waals surface area (Å²) in [6.07, 6.45) is 26.6. The number of unbranched alkanes of at least 4 members (excludes halogenated alkanes) is 10. The largest absolute Gasteiger partial charge is 0.378 e. The van der Waals surface area contributed by atoms with Gasteiger partial charge in [-0.2, -0.15) is 0 Å². The van der Waals surface area contributed by atoms with Gasteiger partial charge in [-0.25, -0.2) is 0 Å². The highest BCUT2D eigenvalue weighted by atomic mass is 16.5. The first-order chi connectivity index (χ1) is 11.9. The van der Waals surface area contributed by atoms with Crippen LogP contribution in [0.2, 0.25) is 0 Å². The lowest BCUT2D eigenvalue weighted by atomic mass is 9.99. The van der Waals surface area contributed by atoms with Crippen LogP contribution in [0.4, 0.5) is 0 Å². The minimum Gasteiger partial charge on any atom is -0.378 e. The van der Waals surface area contributed by atoms with Crippen molar-refractivity contribution in [1.29, 1.82) is 0 Å². The molecule has 1 saturated heterocycles. The third-order valence-corrected chi connectivity index (χ3v) is 5.44. The Morgan fingerprint density at radius 1 is 0.750 bits per heavy atom. The smallest absolute Gasteiger partial charge is 0.0575 e. The molecule has 1 heterocycles. The van der Waals surface area contributed by atoms with E-state index < -0.39 is 0 Å². The molecule has 1 nitrogen and oxygen atoms in total. The van der Waals surface area contributed by atoms with Gasteiger partial charge < -0.3 is 4.74 Å². The Kier molecular flexibility index (Phi) is 14.3. The summed E-state index contributed by atoms with van der Waals surface area (Å²) in [7, 11) is 0. The fourth-order valence-corrected chi connectivity index (χ4v) is 3.71. The molecule has 1 heteroatoms. The van der Waals surface area contributed by atoms with E-state index in [9.17, 15) is 0 Å². The van der Waals surface area contributed by atoms with Crippen LogP contribution in [0.5, 0.6) is 0 Å². The lowest BCUT2D eigenvalue weighted by Crippen LogP contribution is -2.18. The molecule has 1 aliphatic rings. The van der Waals surface area contributed by atoms with Crippen LogP contribution in [0.15, 0.2) is 25.3 Å². The van der Waals surface area contributed by atoms with E-state index in [1.165, 1.54) is 103 Å². The van der Waals surface area contributed by atoms with Gasteiger partial charge in [-0.05, 0) is 38.0 Å². The van der Waals surface area contributed by atoms with E-state index in [1.54, 1.807) is 0 Å². The van der Waals surface area contributed by atoms with E-state index in [0.29, 0.717) is 12.0 Å². The molecule has 0 bridgehead atoms. The van der Waals surface area contributed by atoms with Crippen LogP contribution in [0.3, 0.4) is 0 Å². The Morgan fingerprint density at radius 2 is 1.29 bits per heavy atom. The van der Waals surface area contributed by atoms with Gasteiger partial charge in [0.15, 0.2) is 0 Å². The molecule has 1 fully saturated rings. The summed E-state index contributed by atoms with van der Waals surface area (Å²) in [6, 6.07) is 0. The molecule has 0 aromatic rings. The zero-order chi connectivity index (χ0) is 17.3. The van der Waals surface area contributed by atoms with Crippen molar-refractivity contribution in [3.63, 3.8) is 0 Å². The van der Waals surface area contributed by atoms with E-state index >= 15 is 0 Å². The standard InChI is InChI=1S/C23H42O/c1-3-22(4-2)18-14-12-10-8-6-5-7-9-11-13-15-19-23-20-16-17-21-24-23/h3-4,22-23H,1-2,5-21H2. The lowest BCUT2D eigenvalue weighted by Gasteiger charge is -2.22. The molecule has 1 unspecified atom stereocenters. The van der Waals surface area contributed by atoms with Gasteiger partial charge in [-0.1, -0.05) is 82.8 Å². The summed E-state index contributed by atoms with van der Waals surface area (Å²) in [4.78, 5) is 0. The number of hydrogen-bond acceptors (Lipinski definition) is 1. The summed E-state index contributed by atoms with van der Waals surface area (Å²) in [5, 5.41) is 0. The van der Waals surface area contributed by atoms with Crippen molar-refractivity contribution in [2.45, 2.75) is 109 Å². The fraction of sp³-hybridized carbons (Fsp3) is 0.826. The Labute approximate surface area is 151 Å². The van der Waals surface area contributed by atoms with E-state index in [1.807, 2.05) is 12.2 Å². The van der Waals surface area contributed by atoms with Crippen LogP contribution in [0.25, 0.3) is 0 Å². The molecule has 0 amide bonds. The number of hydrogen-bond donors (Lipinski definition) is 0. The third-order valence-electron chi connectivity index (χ3n) is 5.44. The molecule has 0 aromatic carbocycles. The van der Waals surface area contributed by atoms with Gasteiger partial charge in [-0.3, -0.25) is 0 Å². The molecule has 1 atom stereocenters. The Hall–Kier alpha value is -0.560. The van der Waals surface area contributed by atoms with Gasteiger partial charge in [0, 0.05) is 6.61 Å². The molecule has 0 aromatic heterocycles. The van der Waals surface area contributed by atoms with Crippen LogP contribution in [-0.2, 0) is 4.74 Å². The first kappa shape index (κ1) is 21.5. The highest BCUT2D eigenvalue weighted by molar-refractivity contribution is 4.91. The molecule has 0 spiro atoms. The summed E-state index contributed by atoms with van der Waals surface area (Å²) in [5.74, 6) is 0.523. The molecule has 0 saturated carbocycles. The minimum absolute atomic E-state index is 0.523. The summed E-state index contributed by atoms with van der Waals surface area (Å²) in [5.41, 5.74) is 0. The van der Waals surface area contributed by atoms with Gasteiger partial charge >= 0.3 is 0 Å². The van der Waals surface area contributed by atoms with Crippen molar-refractivity contribution in [3.8, 4) is 0 Å². The summed E-state index contributed by atoms with van der Waals surface area (Å²) in [6.45, 7) is 8.71. The molecular formula is C23H42O. The molecule has 1 aliphatic heterocycles. The van der Waals surface area contributed by atoms with Crippen LogP contribution in [0, 0.1) is 5.92 Å². The quantitative estimate of drug-likeness (QED) is 0.208. The second-order valence-corrected chi connectivity index (χ2v) is 7.59. The van der Waals surface area contributed by atoms with Crippen LogP contribution in [0.1, 0.15) is 103 Å². The zero-order valence-corrected chi connectivity index (χ0v) is 16.2. The average Bonchev–Trinajstić information content (AvgIpc) is 2.63. The zero-order valence-electron chi connectivity index (χ0n) is 16.2. The maximum absolute atomic E-state index is 5.79. The topological polar surface area (TPSA) is 9.23 Å². The van der Waals surface area contributed by atoms with Crippen molar-refractivity contribution in [2.75, 3.05) is 6.61 Å². The van der Waals surface area contributed by atoms with E-state index in [4.69, 9.17) is 4.74 Å². The Balaban J connectivity index is 1.73. The van der Waals surface area contributed by atoms with Gasteiger partial charge in [-0.15, -0.1) is 13.2 Å². The predicted molar refractivity (Wildman–Crippen MR) is 107 cm³/mol. The first-order valence-electron chi connectivity index (χ1n) is 10.7. The molecule has 0 aliphatic carbocycles. The van der Waals surface area contributed by atoms with Crippen molar-refractivity contribution in [2.24, 2.45) is 5.92 Å². The summed E-state index contributed by atoms with van der Waals surface area (Å²) < 4.78 is 5.79. The maximum atomic E-state index is 5.79. The van der Waals surface area contributed by atoms with Gasteiger partial charge in [0.1, 0.15) is 0 Å². The van der Waals surface area contributed by atoms with Crippen molar-refractivity contribution in [3.05, 3.63) is 25.3 Å². The van der Waals surface area contributed by atoms with Crippen LogP contribution >= 0.6 is 0 Å². The van der Waals surface area contributed by atoms with Crippen LogP contribution in [-0.4, -0.2) is 12.7 Å². The lowest BCUT2D eigenvalue weighted by molar-refractivity contribution is 0.00977. The minimum atomic E-state index is 0.523. The Morgan fingerprint density at radius 3 is 1.79 bits per heavy atom. The summed E-state index contributed by atoms with van der Waals surface area (Å²) >= 11 is 0. The molecular weight excluding hydrogens is 292 g/mol. The van der Waals surface area contributed by atoms with Crippen molar-refractivity contribution in [1.82, 2.24) is 0 Å².